The molecule has 8 nitrogen and oxygen atoms in total. The Hall–Kier alpha value is -4.30. The number of aromatic nitrogens is 1. The van der Waals surface area contributed by atoms with Crippen LogP contribution in [0.25, 0.3) is 17.0 Å². The number of nitrogens with zero attached hydrogens (tertiary/aromatic N) is 2. The van der Waals surface area contributed by atoms with Gasteiger partial charge in [0.2, 0.25) is 0 Å². The van der Waals surface area contributed by atoms with E-state index in [1.165, 1.54) is 12.3 Å². The number of imide groups is 2. The molecule has 1 aliphatic heterocycles. The first-order chi connectivity index (χ1) is 17.0. The summed E-state index contributed by atoms with van der Waals surface area (Å²) in [5.41, 5.74) is 1.47. The zero-order valence-electron chi connectivity index (χ0n) is 18.4. The van der Waals surface area contributed by atoms with Crippen LogP contribution in [0.2, 0.25) is 5.02 Å². The van der Waals surface area contributed by atoms with E-state index < -0.39 is 17.8 Å². The summed E-state index contributed by atoms with van der Waals surface area (Å²) in [6.45, 7) is 0.864. The van der Waals surface area contributed by atoms with Gasteiger partial charge >= 0.3 is 6.03 Å². The molecule has 176 valence electrons. The predicted molar refractivity (Wildman–Crippen MR) is 130 cm³/mol. The molecule has 1 N–H and O–H groups in total. The molecule has 4 amide bonds. The standard InChI is InChI=1S/C26H20ClN3O5/c27-18-7-9-19(10-8-18)35-13-11-29-15-17(21-5-1-2-6-23(21)29)14-22-24(31)28-26(33)30(25(22)32)16-20-4-3-12-34-20/h1-10,12,14-15H,11,13,16H2,(H,28,31,33)/b22-14+. The first-order valence-corrected chi connectivity index (χ1v) is 11.2. The lowest BCUT2D eigenvalue weighted by atomic mass is 10.1. The van der Waals surface area contributed by atoms with Crippen molar-refractivity contribution in [2.24, 2.45) is 0 Å². The number of furan rings is 1. The van der Waals surface area contributed by atoms with Gasteiger partial charge in [0.25, 0.3) is 11.8 Å². The van der Waals surface area contributed by atoms with Crippen LogP contribution in [-0.4, -0.2) is 33.9 Å². The maximum Gasteiger partial charge on any atom is 0.331 e. The van der Waals surface area contributed by atoms with Crippen molar-refractivity contribution in [1.82, 2.24) is 14.8 Å². The number of ether oxygens (including phenoxy) is 1. The van der Waals surface area contributed by atoms with Gasteiger partial charge < -0.3 is 13.7 Å². The molecule has 4 aromatic rings. The Kier molecular flexibility index (Phi) is 6.12. The summed E-state index contributed by atoms with van der Waals surface area (Å²) >= 11 is 5.92. The third kappa shape index (κ3) is 4.69. The van der Waals surface area contributed by atoms with Crippen LogP contribution >= 0.6 is 11.6 Å². The largest absolute Gasteiger partial charge is 0.492 e. The Morgan fingerprint density at radius 3 is 2.57 bits per heavy atom. The molecule has 1 saturated heterocycles. The average Bonchev–Trinajstić information content (AvgIpc) is 3.49. The van der Waals surface area contributed by atoms with E-state index >= 15 is 0 Å². The van der Waals surface area contributed by atoms with Crippen LogP contribution in [0.15, 0.2) is 83.1 Å². The number of hydrogen-bond donors (Lipinski definition) is 1. The van der Waals surface area contributed by atoms with Crippen molar-refractivity contribution in [3.05, 3.63) is 95.0 Å². The van der Waals surface area contributed by atoms with E-state index in [0.717, 1.165) is 15.8 Å². The number of amides is 4. The summed E-state index contributed by atoms with van der Waals surface area (Å²) in [5.74, 6) is -0.282. The molecule has 1 fully saturated rings. The quantitative estimate of drug-likeness (QED) is 0.302. The maximum atomic E-state index is 13.1. The normalized spacial score (nSPS) is 15.2. The number of barbiturate groups is 1. The van der Waals surface area contributed by atoms with Crippen molar-refractivity contribution in [3.8, 4) is 5.75 Å². The predicted octanol–water partition coefficient (Wildman–Crippen LogP) is 4.63. The highest BCUT2D eigenvalue weighted by atomic mass is 35.5. The highest BCUT2D eigenvalue weighted by molar-refractivity contribution is 6.31. The number of urea groups is 1. The van der Waals surface area contributed by atoms with E-state index in [1.807, 2.05) is 35.0 Å². The molecule has 1 aliphatic rings. The number of hydrogen-bond acceptors (Lipinski definition) is 5. The van der Waals surface area contributed by atoms with Crippen molar-refractivity contribution in [3.63, 3.8) is 0 Å². The second kappa shape index (κ2) is 9.52. The molecule has 3 heterocycles. The van der Waals surface area contributed by atoms with E-state index in [-0.39, 0.29) is 12.1 Å². The smallest absolute Gasteiger partial charge is 0.331 e. The molecule has 2 aromatic carbocycles. The summed E-state index contributed by atoms with van der Waals surface area (Å²) in [7, 11) is 0. The molecule has 0 atom stereocenters. The van der Waals surface area contributed by atoms with Crippen LogP contribution in [0, 0.1) is 0 Å². The first kappa shape index (κ1) is 22.5. The summed E-state index contributed by atoms with van der Waals surface area (Å²) in [6, 6.07) is 17.3. The number of nitrogens with one attached hydrogen (secondary N) is 1. The van der Waals surface area contributed by atoms with Crippen LogP contribution in [0.5, 0.6) is 5.75 Å². The monoisotopic (exact) mass is 489 g/mol. The number of para-hydroxylation sites is 1. The summed E-state index contributed by atoms with van der Waals surface area (Å²) in [6.07, 6.45) is 4.82. The fourth-order valence-corrected chi connectivity index (χ4v) is 4.05. The second-order valence-corrected chi connectivity index (χ2v) is 8.32. The van der Waals surface area contributed by atoms with Crippen molar-refractivity contribution in [2.45, 2.75) is 13.1 Å². The van der Waals surface area contributed by atoms with Gasteiger partial charge in [-0.15, -0.1) is 0 Å². The molecule has 0 spiro atoms. The van der Waals surface area contributed by atoms with Gasteiger partial charge in [-0.3, -0.25) is 19.8 Å². The molecule has 5 rings (SSSR count). The maximum absolute atomic E-state index is 13.1. The lowest BCUT2D eigenvalue weighted by Gasteiger charge is -2.25. The molecular formula is C26H20ClN3O5. The highest BCUT2D eigenvalue weighted by Crippen LogP contribution is 2.26. The summed E-state index contributed by atoms with van der Waals surface area (Å²) in [4.78, 5) is 38.9. The van der Waals surface area contributed by atoms with E-state index in [1.54, 1.807) is 36.4 Å². The van der Waals surface area contributed by atoms with Crippen molar-refractivity contribution >= 4 is 46.4 Å². The molecule has 0 radical (unpaired) electrons. The third-order valence-electron chi connectivity index (χ3n) is 5.61. The lowest BCUT2D eigenvalue weighted by molar-refractivity contribution is -0.130. The SMILES string of the molecule is O=C1NC(=O)N(Cc2ccco2)C(=O)/C1=C/c1cn(CCOc2ccc(Cl)cc2)c2ccccc12. The van der Waals surface area contributed by atoms with Crippen LogP contribution in [-0.2, 0) is 22.7 Å². The van der Waals surface area contributed by atoms with E-state index in [0.29, 0.717) is 35.2 Å². The Labute approximate surface area is 205 Å². The average molecular weight is 490 g/mol. The molecule has 0 saturated carbocycles. The number of rotatable bonds is 7. The van der Waals surface area contributed by atoms with Crippen molar-refractivity contribution < 1.29 is 23.5 Å². The third-order valence-corrected chi connectivity index (χ3v) is 5.87. The Balaban J connectivity index is 1.41. The highest BCUT2D eigenvalue weighted by Gasteiger charge is 2.36. The minimum atomic E-state index is -0.782. The van der Waals surface area contributed by atoms with E-state index in [4.69, 9.17) is 20.8 Å². The minimum Gasteiger partial charge on any atom is -0.492 e. The molecule has 0 unspecified atom stereocenters. The number of carbonyl (C=O) groups excluding carboxylic acids is 3. The molecule has 0 aliphatic carbocycles. The Morgan fingerprint density at radius 1 is 1.00 bits per heavy atom. The number of halogens is 1. The van der Waals surface area contributed by atoms with Crippen LogP contribution < -0.4 is 10.1 Å². The van der Waals surface area contributed by atoms with Crippen LogP contribution in [0.4, 0.5) is 4.79 Å². The first-order valence-electron chi connectivity index (χ1n) is 10.9. The van der Waals surface area contributed by atoms with Gasteiger partial charge in [0.15, 0.2) is 0 Å². The van der Waals surface area contributed by atoms with E-state index in [9.17, 15) is 14.4 Å². The Morgan fingerprint density at radius 2 is 1.80 bits per heavy atom. The zero-order valence-corrected chi connectivity index (χ0v) is 19.2. The lowest BCUT2D eigenvalue weighted by Crippen LogP contribution is -2.53. The molecular weight excluding hydrogens is 470 g/mol. The van der Waals surface area contributed by atoms with E-state index in [2.05, 4.69) is 5.32 Å². The van der Waals surface area contributed by atoms with Gasteiger partial charge in [-0.1, -0.05) is 29.8 Å². The van der Waals surface area contributed by atoms with Gasteiger partial charge in [-0.05, 0) is 48.5 Å². The summed E-state index contributed by atoms with van der Waals surface area (Å²) < 4.78 is 13.1. The van der Waals surface area contributed by atoms with Crippen molar-refractivity contribution in [2.75, 3.05) is 6.61 Å². The number of carbonyl (C=O) groups is 3. The van der Waals surface area contributed by atoms with Gasteiger partial charge in [-0.25, -0.2) is 4.79 Å². The molecule has 9 heteroatoms. The fourth-order valence-electron chi connectivity index (χ4n) is 3.92. The molecule has 0 bridgehead atoms. The molecule has 35 heavy (non-hydrogen) atoms. The topological polar surface area (TPSA) is 93.8 Å². The second-order valence-electron chi connectivity index (χ2n) is 7.89. The van der Waals surface area contributed by atoms with Crippen molar-refractivity contribution in [1.29, 1.82) is 0 Å². The Bertz CT molecular complexity index is 1440. The number of fused-ring (bicyclic) bond motifs is 1. The molecule has 2 aromatic heterocycles. The minimum absolute atomic E-state index is 0.0773. The zero-order chi connectivity index (χ0) is 24.4. The number of benzene rings is 2. The van der Waals surface area contributed by atoms with Gasteiger partial charge in [0, 0.05) is 27.7 Å². The van der Waals surface area contributed by atoms with Crippen LogP contribution in [0.3, 0.4) is 0 Å². The van der Waals surface area contributed by atoms with Gasteiger partial charge in [0.1, 0.15) is 23.7 Å². The van der Waals surface area contributed by atoms with Gasteiger partial charge in [-0.2, -0.15) is 0 Å². The fraction of sp³-hybridized carbons (Fsp3) is 0.115. The van der Waals surface area contributed by atoms with Crippen LogP contribution in [0.1, 0.15) is 11.3 Å². The van der Waals surface area contributed by atoms with Gasteiger partial charge in [0.05, 0.1) is 19.4 Å². The summed E-state index contributed by atoms with van der Waals surface area (Å²) in [5, 5.41) is 3.73.